The van der Waals surface area contributed by atoms with Gasteiger partial charge in [-0.25, -0.2) is 4.79 Å². The van der Waals surface area contributed by atoms with Crippen molar-refractivity contribution in [3.8, 4) is 5.75 Å². The van der Waals surface area contributed by atoms with Crippen molar-refractivity contribution >= 4 is 61.4 Å². The molecule has 2 unspecified atom stereocenters. The van der Waals surface area contributed by atoms with E-state index in [0.29, 0.717) is 0 Å². The van der Waals surface area contributed by atoms with Crippen molar-refractivity contribution in [1.82, 2.24) is 4.90 Å². The van der Waals surface area contributed by atoms with Gasteiger partial charge in [-0.15, -0.1) is 0 Å². The first-order chi connectivity index (χ1) is 21.7. The lowest BCUT2D eigenvalue weighted by Crippen LogP contribution is -2.56. The summed E-state index contributed by atoms with van der Waals surface area (Å²) in [6.07, 6.45) is 1.08. The number of likely N-dealkylation sites (tertiary alicyclic amines) is 1. The fourth-order valence-corrected chi connectivity index (χ4v) is 9.01. The fraction of sp³-hybridized carbons (Fsp3) is 0.206. The second-order valence-corrected chi connectivity index (χ2v) is 13.5. The summed E-state index contributed by atoms with van der Waals surface area (Å²) < 4.78 is 13.6. The SMILES string of the molecule is O=C(CCN1C(=O)C2C(C1=O)C1(Br)c3ccccc3C2(Br)c2ccccc21)OCC(=O)c1ccc(OC(=O)c2ccco2)cc1. The van der Waals surface area contributed by atoms with Crippen LogP contribution in [-0.4, -0.2) is 47.6 Å². The van der Waals surface area contributed by atoms with Gasteiger partial charge in [-0.1, -0.05) is 80.4 Å². The maximum Gasteiger partial charge on any atom is 0.379 e. The van der Waals surface area contributed by atoms with E-state index in [1.54, 1.807) is 6.07 Å². The Morgan fingerprint density at radius 3 is 1.78 bits per heavy atom. The lowest BCUT2D eigenvalue weighted by atomic mass is 9.54. The second kappa shape index (κ2) is 10.9. The molecule has 4 aromatic rings. The van der Waals surface area contributed by atoms with Crippen LogP contribution in [0.5, 0.6) is 5.75 Å². The maximum atomic E-state index is 13.9. The molecule has 0 N–H and O–H groups in total. The second-order valence-electron chi connectivity index (χ2n) is 11.0. The van der Waals surface area contributed by atoms with Crippen LogP contribution in [-0.2, 0) is 27.8 Å². The molecule has 226 valence electrons. The molecule has 2 bridgehead atoms. The fourth-order valence-electron chi connectivity index (χ4n) is 6.71. The van der Waals surface area contributed by atoms with Gasteiger partial charge < -0.3 is 13.9 Å². The van der Waals surface area contributed by atoms with Gasteiger partial charge in [0, 0.05) is 12.1 Å². The average Bonchev–Trinajstić information content (AvgIpc) is 3.69. The molecule has 2 amide bonds. The average molecular weight is 733 g/mol. The third-order valence-electron chi connectivity index (χ3n) is 8.69. The lowest BCUT2D eigenvalue weighted by molar-refractivity contribution is -0.145. The molecule has 1 aliphatic heterocycles. The highest BCUT2D eigenvalue weighted by Gasteiger charge is 2.72. The molecule has 0 saturated carbocycles. The van der Waals surface area contributed by atoms with Crippen LogP contribution in [0.25, 0.3) is 0 Å². The lowest BCUT2D eigenvalue weighted by Gasteiger charge is -2.55. The van der Waals surface area contributed by atoms with Gasteiger partial charge in [0.25, 0.3) is 0 Å². The molecule has 1 aromatic heterocycles. The molecule has 4 aliphatic rings. The Labute approximate surface area is 273 Å². The van der Waals surface area contributed by atoms with E-state index in [9.17, 15) is 24.0 Å². The van der Waals surface area contributed by atoms with Crippen molar-refractivity contribution in [3.63, 3.8) is 0 Å². The van der Waals surface area contributed by atoms with Crippen LogP contribution in [0.4, 0.5) is 0 Å². The third-order valence-corrected chi connectivity index (χ3v) is 11.4. The van der Waals surface area contributed by atoms with E-state index >= 15 is 0 Å². The summed E-state index contributed by atoms with van der Waals surface area (Å²) in [7, 11) is 0. The molecule has 9 nitrogen and oxygen atoms in total. The van der Waals surface area contributed by atoms with E-state index in [4.69, 9.17) is 13.9 Å². The van der Waals surface area contributed by atoms with Crippen molar-refractivity contribution in [2.45, 2.75) is 15.1 Å². The van der Waals surface area contributed by atoms with E-state index in [2.05, 4.69) is 31.9 Å². The van der Waals surface area contributed by atoms with Gasteiger partial charge in [0.15, 0.2) is 12.4 Å². The van der Waals surface area contributed by atoms with Crippen molar-refractivity contribution in [3.05, 3.63) is 125 Å². The number of ether oxygens (including phenoxy) is 2. The van der Waals surface area contributed by atoms with Gasteiger partial charge in [0.2, 0.25) is 17.6 Å². The number of rotatable bonds is 8. The number of furan rings is 1. The summed E-state index contributed by atoms with van der Waals surface area (Å²) in [5.41, 5.74) is 3.94. The first-order valence-electron chi connectivity index (χ1n) is 14.1. The smallest absolute Gasteiger partial charge is 0.379 e. The zero-order valence-corrected chi connectivity index (χ0v) is 26.6. The molecule has 3 aromatic carbocycles. The molecule has 45 heavy (non-hydrogen) atoms. The van der Waals surface area contributed by atoms with Crippen LogP contribution in [0.2, 0.25) is 0 Å². The highest BCUT2D eigenvalue weighted by Crippen LogP contribution is 2.70. The number of esters is 2. The molecule has 0 spiro atoms. The van der Waals surface area contributed by atoms with Crippen LogP contribution < -0.4 is 4.74 Å². The van der Waals surface area contributed by atoms with Crippen molar-refractivity contribution < 1.29 is 37.9 Å². The number of benzene rings is 3. The van der Waals surface area contributed by atoms with E-state index in [1.165, 1.54) is 36.6 Å². The van der Waals surface area contributed by atoms with E-state index in [-0.39, 0.29) is 41.9 Å². The Morgan fingerprint density at radius 1 is 0.756 bits per heavy atom. The van der Waals surface area contributed by atoms with Crippen molar-refractivity contribution in [2.75, 3.05) is 13.2 Å². The van der Waals surface area contributed by atoms with Crippen LogP contribution >= 0.6 is 31.9 Å². The summed E-state index contributed by atoms with van der Waals surface area (Å²) in [6, 6.07) is 24.4. The number of nitrogens with zero attached hydrogens (tertiary/aromatic N) is 1. The predicted molar refractivity (Wildman–Crippen MR) is 166 cm³/mol. The molecule has 1 saturated heterocycles. The number of carbonyl (C=O) groups excluding carboxylic acids is 5. The monoisotopic (exact) mass is 731 g/mol. The van der Waals surface area contributed by atoms with Crippen LogP contribution in [0.3, 0.4) is 0 Å². The number of halogens is 2. The Balaban J connectivity index is 1.01. The minimum Gasteiger partial charge on any atom is -0.457 e. The van der Waals surface area contributed by atoms with E-state index < -0.39 is 44.8 Å². The Morgan fingerprint density at radius 2 is 1.29 bits per heavy atom. The largest absolute Gasteiger partial charge is 0.457 e. The van der Waals surface area contributed by atoms with Crippen LogP contribution in [0.15, 0.2) is 95.6 Å². The maximum absolute atomic E-state index is 13.9. The molecular formula is C34H23Br2NO8. The van der Waals surface area contributed by atoms with Gasteiger partial charge in [0.1, 0.15) is 5.75 Å². The first-order valence-corrected chi connectivity index (χ1v) is 15.7. The number of hydrogen-bond donors (Lipinski definition) is 0. The molecule has 2 atom stereocenters. The highest BCUT2D eigenvalue weighted by atomic mass is 79.9. The normalized spacial score (nSPS) is 24.1. The molecule has 1 fully saturated rings. The number of amides is 2. The molecule has 11 heteroatoms. The van der Waals surface area contributed by atoms with Crippen molar-refractivity contribution in [2.24, 2.45) is 11.8 Å². The minimum absolute atomic E-state index is 0.0408. The summed E-state index contributed by atoms with van der Waals surface area (Å²) in [4.78, 5) is 66.4. The van der Waals surface area contributed by atoms with Gasteiger partial charge in [-0.2, -0.15) is 0 Å². The van der Waals surface area contributed by atoms with E-state index in [1.807, 2.05) is 48.5 Å². The Hall–Kier alpha value is -4.35. The summed E-state index contributed by atoms with van der Waals surface area (Å²) in [5, 5.41) is 0. The standard InChI is InChI=1S/C34H23Br2NO8/c35-33-21-6-1-2-7-22(21)34(36,24-9-4-3-8-23(24)33)29-28(33)30(40)37(31(29)41)16-15-27(39)44-18-25(38)19-11-13-20(14-12-19)45-32(42)26-10-5-17-43-26/h1-14,17,28-29H,15-16,18H2. The van der Waals surface area contributed by atoms with Gasteiger partial charge in [-0.05, 0) is 58.7 Å². The third kappa shape index (κ3) is 4.43. The Kier molecular flexibility index (Phi) is 7.13. The number of alkyl halides is 2. The van der Waals surface area contributed by atoms with Gasteiger partial charge >= 0.3 is 11.9 Å². The van der Waals surface area contributed by atoms with Gasteiger partial charge in [0.05, 0.1) is 33.2 Å². The zero-order chi connectivity index (χ0) is 31.5. The van der Waals surface area contributed by atoms with E-state index in [0.717, 1.165) is 27.2 Å². The molecule has 0 radical (unpaired) electrons. The summed E-state index contributed by atoms with van der Waals surface area (Å²) in [5.74, 6) is -3.82. The molecular weight excluding hydrogens is 710 g/mol. The zero-order valence-electron chi connectivity index (χ0n) is 23.4. The highest BCUT2D eigenvalue weighted by molar-refractivity contribution is 9.10. The Bertz CT molecular complexity index is 1760. The first kappa shape index (κ1) is 29.4. The predicted octanol–water partition coefficient (Wildman–Crippen LogP) is 5.52. The number of Topliss-reactive ketones (excluding diaryl/α,β-unsaturated/α-hetero) is 1. The van der Waals surface area contributed by atoms with Gasteiger partial charge in [-0.3, -0.25) is 24.1 Å². The molecule has 2 heterocycles. The number of hydrogen-bond acceptors (Lipinski definition) is 8. The minimum atomic E-state index is -0.915. The number of carbonyl (C=O) groups is 5. The number of ketones is 1. The quantitative estimate of drug-likeness (QED) is 0.0764. The van der Waals surface area contributed by atoms with Crippen molar-refractivity contribution in [1.29, 1.82) is 0 Å². The van der Waals surface area contributed by atoms with Crippen LogP contribution in [0.1, 0.15) is 49.6 Å². The summed E-state index contributed by atoms with van der Waals surface area (Å²) >= 11 is 7.89. The molecule has 3 aliphatic carbocycles. The number of imide groups is 1. The summed E-state index contributed by atoms with van der Waals surface area (Å²) in [6.45, 7) is -0.705. The topological polar surface area (TPSA) is 120 Å². The van der Waals surface area contributed by atoms with Crippen LogP contribution in [0, 0.1) is 11.8 Å². The molecule has 8 rings (SSSR count).